The van der Waals surface area contributed by atoms with Crippen molar-refractivity contribution < 1.29 is 9.47 Å². The Labute approximate surface area is 109 Å². The molecule has 0 aliphatic rings. The van der Waals surface area contributed by atoms with Crippen LogP contribution >= 0.6 is 0 Å². The first kappa shape index (κ1) is 13.1. The molecule has 0 aromatic heterocycles. The lowest BCUT2D eigenvalue weighted by Gasteiger charge is -2.13. The molecule has 0 heterocycles. The maximum atomic E-state index is 5.23. The topological polar surface area (TPSA) is 18.5 Å². The van der Waals surface area contributed by atoms with E-state index in [4.69, 9.17) is 9.47 Å². The third-order valence-corrected chi connectivity index (χ3v) is 3.56. The van der Waals surface area contributed by atoms with Crippen LogP contribution in [0, 0.1) is 13.8 Å². The SMILES string of the molecule is COCc1ccc2c(C)c(COC)ccc2c1C. The number of ether oxygens (including phenoxy) is 2. The number of aryl methyl sites for hydroxylation is 2. The Hall–Kier alpha value is -1.38. The van der Waals surface area contributed by atoms with E-state index in [1.165, 1.54) is 33.0 Å². The molecule has 0 radical (unpaired) electrons. The molecule has 2 heteroatoms. The van der Waals surface area contributed by atoms with Gasteiger partial charge in [0.1, 0.15) is 0 Å². The predicted molar refractivity (Wildman–Crippen MR) is 74.8 cm³/mol. The second-order valence-electron chi connectivity index (χ2n) is 4.66. The standard InChI is InChI=1S/C16H20O2/c1-11-13(9-17-3)5-8-16-12(2)14(10-18-4)6-7-15(11)16/h5-8H,9-10H2,1-4H3. The third kappa shape index (κ3) is 2.26. The largest absolute Gasteiger partial charge is 0.380 e. The van der Waals surface area contributed by atoms with Gasteiger partial charge in [0, 0.05) is 14.2 Å². The van der Waals surface area contributed by atoms with E-state index >= 15 is 0 Å². The van der Waals surface area contributed by atoms with Crippen LogP contribution in [-0.4, -0.2) is 14.2 Å². The van der Waals surface area contributed by atoms with Gasteiger partial charge in [0.2, 0.25) is 0 Å². The summed E-state index contributed by atoms with van der Waals surface area (Å²) in [7, 11) is 3.47. The molecular formula is C16H20O2. The van der Waals surface area contributed by atoms with Gasteiger partial charge in [0.25, 0.3) is 0 Å². The van der Waals surface area contributed by atoms with E-state index in [0.29, 0.717) is 13.2 Å². The second kappa shape index (κ2) is 5.51. The molecule has 0 saturated carbocycles. The van der Waals surface area contributed by atoms with Crippen molar-refractivity contribution >= 4 is 10.8 Å². The molecule has 2 aromatic rings. The zero-order valence-corrected chi connectivity index (χ0v) is 11.5. The first-order valence-corrected chi connectivity index (χ1v) is 6.17. The molecule has 2 aromatic carbocycles. The van der Waals surface area contributed by atoms with Crippen LogP contribution < -0.4 is 0 Å². The fourth-order valence-electron chi connectivity index (χ4n) is 2.42. The summed E-state index contributed by atoms with van der Waals surface area (Å²) in [5.41, 5.74) is 5.12. The molecule has 0 amide bonds. The minimum Gasteiger partial charge on any atom is -0.380 e. The zero-order chi connectivity index (χ0) is 13.1. The molecule has 0 fully saturated rings. The third-order valence-electron chi connectivity index (χ3n) is 3.56. The lowest BCUT2D eigenvalue weighted by molar-refractivity contribution is 0.184. The van der Waals surface area contributed by atoms with Crippen LogP contribution in [0.3, 0.4) is 0 Å². The van der Waals surface area contributed by atoms with Crippen molar-refractivity contribution in [1.29, 1.82) is 0 Å². The van der Waals surface area contributed by atoms with Gasteiger partial charge < -0.3 is 9.47 Å². The van der Waals surface area contributed by atoms with Gasteiger partial charge >= 0.3 is 0 Å². The van der Waals surface area contributed by atoms with Crippen molar-refractivity contribution in [1.82, 2.24) is 0 Å². The highest BCUT2D eigenvalue weighted by Crippen LogP contribution is 2.27. The first-order valence-electron chi connectivity index (χ1n) is 6.17. The molecule has 0 atom stereocenters. The van der Waals surface area contributed by atoms with Crippen LogP contribution in [0.5, 0.6) is 0 Å². The van der Waals surface area contributed by atoms with Crippen molar-refractivity contribution in [3.05, 3.63) is 46.5 Å². The summed E-state index contributed by atoms with van der Waals surface area (Å²) < 4.78 is 10.5. The molecule has 0 spiro atoms. The van der Waals surface area contributed by atoms with Crippen molar-refractivity contribution in [2.45, 2.75) is 27.1 Å². The lowest BCUT2D eigenvalue weighted by atomic mass is 9.95. The van der Waals surface area contributed by atoms with Crippen molar-refractivity contribution in [2.75, 3.05) is 14.2 Å². The van der Waals surface area contributed by atoms with Gasteiger partial charge in [0.05, 0.1) is 13.2 Å². The summed E-state index contributed by atoms with van der Waals surface area (Å²) in [6.07, 6.45) is 0. The molecule has 96 valence electrons. The average molecular weight is 244 g/mol. The Morgan fingerprint density at radius 3 is 1.44 bits per heavy atom. The molecule has 0 aliphatic carbocycles. The van der Waals surface area contributed by atoms with E-state index in [2.05, 4.69) is 38.1 Å². The minimum absolute atomic E-state index is 0.667. The van der Waals surface area contributed by atoms with Crippen LogP contribution in [0.25, 0.3) is 10.8 Å². The Morgan fingerprint density at radius 1 is 0.722 bits per heavy atom. The Bertz CT molecular complexity index is 507. The molecular weight excluding hydrogens is 224 g/mol. The highest BCUT2D eigenvalue weighted by atomic mass is 16.5. The molecule has 0 saturated heterocycles. The molecule has 2 nitrogen and oxygen atoms in total. The van der Waals surface area contributed by atoms with Gasteiger partial charge in [-0.15, -0.1) is 0 Å². The lowest BCUT2D eigenvalue weighted by Crippen LogP contribution is -1.97. The molecule has 2 rings (SSSR count). The van der Waals surface area contributed by atoms with E-state index in [1.54, 1.807) is 14.2 Å². The van der Waals surface area contributed by atoms with Crippen LogP contribution in [0.15, 0.2) is 24.3 Å². The van der Waals surface area contributed by atoms with Crippen LogP contribution in [-0.2, 0) is 22.7 Å². The van der Waals surface area contributed by atoms with Gasteiger partial charge in [0.15, 0.2) is 0 Å². The van der Waals surface area contributed by atoms with Gasteiger partial charge in [-0.2, -0.15) is 0 Å². The van der Waals surface area contributed by atoms with E-state index < -0.39 is 0 Å². The van der Waals surface area contributed by atoms with E-state index in [-0.39, 0.29) is 0 Å². The van der Waals surface area contributed by atoms with Crippen molar-refractivity contribution in [3.8, 4) is 0 Å². The maximum Gasteiger partial charge on any atom is 0.0715 e. The fourth-order valence-corrected chi connectivity index (χ4v) is 2.42. The van der Waals surface area contributed by atoms with Crippen LogP contribution in [0.2, 0.25) is 0 Å². The number of hydrogen-bond donors (Lipinski definition) is 0. The quantitative estimate of drug-likeness (QED) is 0.815. The monoisotopic (exact) mass is 244 g/mol. The summed E-state index contributed by atoms with van der Waals surface area (Å²) in [6, 6.07) is 8.69. The normalized spacial score (nSPS) is 11.1. The molecule has 0 unspecified atom stereocenters. The smallest absolute Gasteiger partial charge is 0.0715 e. The summed E-state index contributed by atoms with van der Waals surface area (Å²) in [5, 5.41) is 2.61. The highest BCUT2D eigenvalue weighted by molar-refractivity contribution is 5.90. The number of benzene rings is 2. The molecule has 0 N–H and O–H groups in total. The number of rotatable bonds is 4. The van der Waals surface area contributed by atoms with Crippen molar-refractivity contribution in [3.63, 3.8) is 0 Å². The van der Waals surface area contributed by atoms with Gasteiger partial charge in [-0.05, 0) is 46.9 Å². The van der Waals surface area contributed by atoms with Crippen LogP contribution in [0.1, 0.15) is 22.3 Å². The summed E-state index contributed by atoms with van der Waals surface area (Å²) in [5.74, 6) is 0. The predicted octanol–water partition coefficient (Wildman–Crippen LogP) is 3.75. The first-order chi connectivity index (χ1) is 8.69. The number of methoxy groups -OCH3 is 2. The van der Waals surface area contributed by atoms with Gasteiger partial charge in [-0.3, -0.25) is 0 Å². The van der Waals surface area contributed by atoms with E-state index in [1.807, 2.05) is 0 Å². The Morgan fingerprint density at radius 2 is 1.11 bits per heavy atom. The van der Waals surface area contributed by atoms with E-state index in [0.717, 1.165) is 0 Å². The van der Waals surface area contributed by atoms with Crippen LogP contribution in [0.4, 0.5) is 0 Å². The van der Waals surface area contributed by atoms with Gasteiger partial charge in [-0.1, -0.05) is 24.3 Å². The highest BCUT2D eigenvalue weighted by Gasteiger charge is 2.08. The van der Waals surface area contributed by atoms with E-state index in [9.17, 15) is 0 Å². The number of hydrogen-bond acceptors (Lipinski definition) is 2. The second-order valence-corrected chi connectivity index (χ2v) is 4.66. The zero-order valence-electron chi connectivity index (χ0n) is 11.5. The number of fused-ring (bicyclic) bond motifs is 1. The Kier molecular flexibility index (Phi) is 4.00. The summed E-state index contributed by atoms with van der Waals surface area (Å²) >= 11 is 0. The summed E-state index contributed by atoms with van der Waals surface area (Å²) in [6.45, 7) is 5.65. The molecule has 0 bridgehead atoms. The minimum atomic E-state index is 0.667. The molecule has 0 aliphatic heterocycles. The molecule has 18 heavy (non-hydrogen) atoms. The maximum absolute atomic E-state index is 5.23. The van der Waals surface area contributed by atoms with Crippen molar-refractivity contribution in [2.24, 2.45) is 0 Å². The summed E-state index contributed by atoms with van der Waals surface area (Å²) in [4.78, 5) is 0. The average Bonchev–Trinajstić information content (AvgIpc) is 2.37. The van der Waals surface area contributed by atoms with Gasteiger partial charge in [-0.25, -0.2) is 0 Å². The fraction of sp³-hybridized carbons (Fsp3) is 0.375. The Balaban J connectivity index is 2.60.